The van der Waals surface area contributed by atoms with Crippen molar-refractivity contribution in [2.24, 2.45) is 5.92 Å². The predicted octanol–water partition coefficient (Wildman–Crippen LogP) is 8.30. The van der Waals surface area contributed by atoms with Gasteiger partial charge in [0.2, 0.25) is 5.43 Å². The first kappa shape index (κ1) is 36.4. The van der Waals surface area contributed by atoms with E-state index >= 15 is 0 Å². The lowest BCUT2D eigenvalue weighted by Crippen LogP contribution is -2.58. The summed E-state index contributed by atoms with van der Waals surface area (Å²) in [4.78, 5) is 29.1. The van der Waals surface area contributed by atoms with Gasteiger partial charge in [-0.1, -0.05) is 19.3 Å². The van der Waals surface area contributed by atoms with Gasteiger partial charge in [-0.05, 0) is 75.6 Å². The number of aromatic nitrogens is 1. The lowest BCUT2D eigenvalue weighted by Gasteiger charge is -2.49. The third-order valence-electron chi connectivity index (χ3n) is 10.9. The number of benzene rings is 3. The number of nitrogens with zero attached hydrogens (tertiary/aromatic N) is 3. The standard InChI is InChI=1S/C41H50F2N3O5/c1-4-44(32-22-30(42)21-31(43)23-32)41(48)38-28-45(33-24-35(49-2)26-36(25-33)50-3)39-27-34(11-12-37(39)40(38)47)51-20-10-8-6-5-7-9-16-46-17-13-29(14-18-46)15-19-46/h11-12,21-29H,4-10,13-20H2,1-3H3/q+1. The van der Waals surface area contributed by atoms with Crippen molar-refractivity contribution in [1.29, 1.82) is 0 Å². The van der Waals surface area contributed by atoms with Crippen LogP contribution in [0.1, 0.15) is 75.1 Å². The molecule has 3 aromatic carbocycles. The minimum atomic E-state index is -0.821. The lowest BCUT2D eigenvalue weighted by molar-refractivity contribution is -0.942. The number of piperidine rings is 3. The molecule has 0 saturated carbocycles. The van der Waals surface area contributed by atoms with Crippen molar-refractivity contribution in [1.82, 2.24) is 4.57 Å². The zero-order valence-corrected chi connectivity index (χ0v) is 30.1. The van der Waals surface area contributed by atoms with Gasteiger partial charge in [-0.3, -0.25) is 9.59 Å². The molecule has 51 heavy (non-hydrogen) atoms. The molecule has 272 valence electrons. The number of amides is 1. The molecule has 2 bridgehead atoms. The van der Waals surface area contributed by atoms with Crippen molar-refractivity contribution in [2.45, 2.75) is 64.7 Å². The molecular formula is C41H50F2N3O5+. The van der Waals surface area contributed by atoms with Crippen LogP contribution in [0.4, 0.5) is 14.5 Å². The molecule has 3 fully saturated rings. The van der Waals surface area contributed by atoms with E-state index in [2.05, 4.69) is 0 Å². The van der Waals surface area contributed by atoms with Crippen molar-refractivity contribution in [3.8, 4) is 22.9 Å². The van der Waals surface area contributed by atoms with Crippen LogP contribution in [-0.4, -0.2) is 68.5 Å². The fraction of sp³-hybridized carbons (Fsp3) is 0.463. The first-order chi connectivity index (χ1) is 24.7. The number of ether oxygens (including phenoxy) is 3. The van der Waals surface area contributed by atoms with Crippen LogP contribution >= 0.6 is 0 Å². The van der Waals surface area contributed by atoms with Gasteiger partial charge in [-0.25, -0.2) is 8.78 Å². The summed E-state index contributed by atoms with van der Waals surface area (Å²) in [7, 11) is 3.08. The van der Waals surface area contributed by atoms with Crippen molar-refractivity contribution < 1.29 is 32.3 Å². The Balaban J connectivity index is 1.17. The van der Waals surface area contributed by atoms with Gasteiger partial charge in [0.05, 0.1) is 58.2 Å². The highest BCUT2D eigenvalue weighted by atomic mass is 19.1. The molecule has 0 radical (unpaired) electrons. The minimum Gasteiger partial charge on any atom is -0.497 e. The Kier molecular flexibility index (Phi) is 11.6. The maximum atomic E-state index is 14.1. The molecule has 4 aromatic rings. The van der Waals surface area contributed by atoms with Gasteiger partial charge in [0.1, 0.15) is 34.4 Å². The number of hydrogen-bond acceptors (Lipinski definition) is 5. The molecule has 3 aliphatic heterocycles. The molecule has 7 rings (SSSR count). The Hall–Kier alpha value is -4.44. The van der Waals surface area contributed by atoms with Gasteiger partial charge in [-0.15, -0.1) is 0 Å². The summed E-state index contributed by atoms with van der Waals surface area (Å²) < 4.78 is 48.6. The van der Waals surface area contributed by atoms with Crippen LogP contribution in [0.15, 0.2) is 65.6 Å². The number of carbonyl (C=O) groups excluding carboxylic acids is 1. The second-order valence-corrected chi connectivity index (χ2v) is 14.1. The first-order valence-electron chi connectivity index (χ1n) is 18.4. The molecule has 0 aliphatic carbocycles. The summed E-state index contributed by atoms with van der Waals surface area (Å²) in [6.45, 7) is 7.86. The topological polar surface area (TPSA) is 70.0 Å². The number of halogens is 2. The molecule has 3 aliphatic rings. The quantitative estimate of drug-likeness (QED) is 0.0868. The molecule has 0 atom stereocenters. The van der Waals surface area contributed by atoms with Crippen LogP contribution in [-0.2, 0) is 0 Å². The van der Waals surface area contributed by atoms with Crippen molar-refractivity contribution in [3.63, 3.8) is 0 Å². The van der Waals surface area contributed by atoms with E-state index < -0.39 is 23.0 Å². The highest BCUT2D eigenvalue weighted by Gasteiger charge is 2.38. The average molecular weight is 703 g/mol. The van der Waals surface area contributed by atoms with E-state index in [0.29, 0.717) is 35.1 Å². The summed E-state index contributed by atoms with van der Waals surface area (Å²) in [6.07, 6.45) is 12.8. The van der Waals surface area contributed by atoms with Crippen molar-refractivity contribution in [2.75, 3.05) is 58.5 Å². The van der Waals surface area contributed by atoms with Crippen LogP contribution in [0.3, 0.4) is 0 Å². The summed E-state index contributed by atoms with van der Waals surface area (Å²) in [5.74, 6) is 0.320. The second-order valence-electron chi connectivity index (χ2n) is 14.1. The summed E-state index contributed by atoms with van der Waals surface area (Å²) in [6, 6.07) is 13.3. The molecule has 10 heteroatoms. The second kappa shape index (κ2) is 16.3. The van der Waals surface area contributed by atoms with Gasteiger partial charge in [0.25, 0.3) is 5.91 Å². The number of pyridine rings is 1. The maximum Gasteiger partial charge on any atom is 0.263 e. The molecule has 1 amide bonds. The number of anilines is 1. The normalized spacial score (nSPS) is 18.2. The smallest absolute Gasteiger partial charge is 0.263 e. The SMILES string of the molecule is CCN(C(=O)c1cn(-c2cc(OC)cc(OC)c2)c2cc(OCCCCCCCC[N+]34CCC(CC3)CC4)ccc2c1=O)c1cc(F)cc(F)c1. The Morgan fingerprint density at radius 1 is 0.824 bits per heavy atom. The average Bonchev–Trinajstić information content (AvgIpc) is 3.14. The zero-order chi connectivity index (χ0) is 36.0. The maximum absolute atomic E-state index is 14.1. The Bertz CT molecular complexity index is 1850. The molecule has 8 nitrogen and oxygen atoms in total. The highest BCUT2D eigenvalue weighted by Crippen LogP contribution is 2.34. The van der Waals surface area contributed by atoms with E-state index in [9.17, 15) is 18.4 Å². The van der Waals surface area contributed by atoms with Gasteiger partial charge >= 0.3 is 0 Å². The van der Waals surface area contributed by atoms with E-state index in [1.165, 1.54) is 86.7 Å². The lowest BCUT2D eigenvalue weighted by atomic mass is 9.85. The van der Waals surface area contributed by atoms with Crippen LogP contribution in [0.5, 0.6) is 17.2 Å². The monoisotopic (exact) mass is 702 g/mol. The number of methoxy groups -OCH3 is 2. The van der Waals surface area contributed by atoms with Crippen LogP contribution in [0.2, 0.25) is 0 Å². The van der Waals surface area contributed by atoms with Gasteiger partial charge in [0.15, 0.2) is 0 Å². The number of hydrogen-bond donors (Lipinski definition) is 0. The molecule has 1 aromatic heterocycles. The van der Waals surface area contributed by atoms with E-state index in [-0.39, 0.29) is 23.2 Å². The Morgan fingerprint density at radius 3 is 2.08 bits per heavy atom. The highest BCUT2D eigenvalue weighted by molar-refractivity contribution is 6.07. The van der Waals surface area contributed by atoms with E-state index in [0.717, 1.165) is 37.0 Å². The predicted molar refractivity (Wildman–Crippen MR) is 197 cm³/mol. The zero-order valence-electron chi connectivity index (χ0n) is 30.1. The number of fused-ring (bicyclic) bond motifs is 4. The van der Waals surface area contributed by atoms with Gasteiger partial charge in [-0.2, -0.15) is 0 Å². The van der Waals surface area contributed by atoms with Crippen LogP contribution in [0.25, 0.3) is 16.6 Å². The summed E-state index contributed by atoms with van der Waals surface area (Å²) >= 11 is 0. The largest absolute Gasteiger partial charge is 0.497 e. The van der Waals surface area contributed by atoms with Crippen LogP contribution < -0.4 is 24.5 Å². The Morgan fingerprint density at radius 2 is 1.45 bits per heavy atom. The summed E-state index contributed by atoms with van der Waals surface area (Å²) in [5.41, 5.74) is 0.458. The van der Waals surface area contributed by atoms with Crippen LogP contribution in [0, 0.1) is 17.6 Å². The van der Waals surface area contributed by atoms with E-state index in [4.69, 9.17) is 14.2 Å². The fourth-order valence-electron chi connectivity index (χ4n) is 7.90. The van der Waals surface area contributed by atoms with E-state index in [1.807, 2.05) is 0 Å². The number of rotatable bonds is 16. The molecule has 0 unspecified atom stereocenters. The molecular weight excluding hydrogens is 652 g/mol. The third-order valence-corrected chi connectivity index (χ3v) is 10.9. The van der Waals surface area contributed by atoms with Gasteiger partial charge in [0, 0.05) is 54.1 Å². The minimum absolute atomic E-state index is 0.0167. The van der Waals surface area contributed by atoms with Crippen molar-refractivity contribution >= 4 is 22.5 Å². The summed E-state index contributed by atoms with van der Waals surface area (Å²) in [5, 5.41) is 0.288. The third kappa shape index (κ3) is 8.38. The van der Waals surface area contributed by atoms with Gasteiger partial charge < -0.3 is 28.2 Å². The number of quaternary nitrogens is 1. The first-order valence-corrected chi connectivity index (χ1v) is 18.4. The molecule has 3 saturated heterocycles. The number of unbranched alkanes of at least 4 members (excludes halogenated alkanes) is 5. The molecule has 4 heterocycles. The molecule has 0 spiro atoms. The van der Waals surface area contributed by atoms with E-state index in [1.54, 1.807) is 62.1 Å². The number of carbonyl (C=O) groups is 1. The molecule has 0 N–H and O–H groups in total. The Labute approximate surface area is 299 Å². The van der Waals surface area contributed by atoms with Crippen molar-refractivity contribution in [3.05, 3.63) is 88.2 Å². The fourth-order valence-corrected chi connectivity index (χ4v) is 7.90.